The molecule has 0 bridgehead atoms. The van der Waals surface area contributed by atoms with Gasteiger partial charge in [0.2, 0.25) is 0 Å². The molecule has 3 N–H and O–H groups in total. The van der Waals surface area contributed by atoms with E-state index in [-0.39, 0.29) is 6.54 Å². The third kappa shape index (κ3) is 24.2. The Morgan fingerprint density at radius 2 is 0.784 bits per heavy atom. The molecule has 0 unspecified atom stereocenters. The summed E-state index contributed by atoms with van der Waals surface area (Å²) in [5.74, 6) is -3.51. The SMILES string of the molecule is CCCCCCCCCCCCC/C=C\CCCCCCCCC[N+](CC(=O)O)(CC(=O)O)CC(=O)O. The molecule has 0 aromatic rings. The van der Waals surface area contributed by atoms with Gasteiger partial charge in [-0.25, -0.2) is 14.4 Å². The van der Waals surface area contributed by atoms with Crippen LogP contribution in [0.5, 0.6) is 0 Å². The number of hydrogen-bond donors (Lipinski definition) is 3. The number of unbranched alkanes of at least 4 members (excludes halogenated alkanes) is 18. The van der Waals surface area contributed by atoms with E-state index < -0.39 is 42.0 Å². The van der Waals surface area contributed by atoms with E-state index in [1.807, 2.05) is 0 Å². The summed E-state index contributed by atoms with van der Waals surface area (Å²) in [6, 6.07) is 0. The molecular formula is C30H56NO6+. The molecule has 0 spiro atoms. The van der Waals surface area contributed by atoms with Gasteiger partial charge in [-0.3, -0.25) is 4.48 Å². The van der Waals surface area contributed by atoms with Crippen LogP contribution in [0.25, 0.3) is 0 Å². The van der Waals surface area contributed by atoms with Gasteiger partial charge < -0.3 is 15.3 Å². The molecule has 0 aliphatic carbocycles. The van der Waals surface area contributed by atoms with Gasteiger partial charge in [-0.05, 0) is 38.5 Å². The first-order valence-corrected chi connectivity index (χ1v) is 15.0. The molecule has 7 nitrogen and oxygen atoms in total. The standard InChI is InChI=1S/C30H55NO6/c1-2-3-4-5-6-7-8-9-10-11-12-13-14-15-16-17-18-19-20-21-22-23-24-31(25-28(32)33,26-29(34)35)27-30(36)37/h14-15H,2-13,16-27H2,1H3,(H2-,32,33,34,35,36,37)/p+1/b15-14-. The van der Waals surface area contributed by atoms with Crippen molar-refractivity contribution in [3.05, 3.63) is 12.2 Å². The van der Waals surface area contributed by atoms with Crippen molar-refractivity contribution in [1.82, 2.24) is 0 Å². The molecule has 0 aromatic carbocycles. The summed E-state index contributed by atoms with van der Waals surface area (Å²) in [7, 11) is 0. The highest BCUT2D eigenvalue weighted by Crippen LogP contribution is 2.15. The molecule has 7 heteroatoms. The van der Waals surface area contributed by atoms with E-state index in [0.717, 1.165) is 32.1 Å². The van der Waals surface area contributed by atoms with Crippen molar-refractivity contribution in [3.8, 4) is 0 Å². The summed E-state index contributed by atoms with van der Waals surface area (Å²) < 4.78 is -0.439. The lowest BCUT2D eigenvalue weighted by Gasteiger charge is -2.34. The van der Waals surface area contributed by atoms with Gasteiger partial charge in [0.05, 0.1) is 6.54 Å². The van der Waals surface area contributed by atoms with Crippen molar-refractivity contribution in [2.45, 2.75) is 135 Å². The van der Waals surface area contributed by atoms with Gasteiger partial charge in [-0.2, -0.15) is 0 Å². The number of carboxylic acids is 3. The predicted molar refractivity (Wildman–Crippen MR) is 150 cm³/mol. The van der Waals surface area contributed by atoms with Crippen LogP contribution in [0.4, 0.5) is 0 Å². The third-order valence-electron chi connectivity index (χ3n) is 7.06. The maximum atomic E-state index is 11.2. The predicted octanol–water partition coefficient (Wildman–Crippen LogP) is 7.44. The van der Waals surface area contributed by atoms with Crippen molar-refractivity contribution in [3.63, 3.8) is 0 Å². The minimum absolute atomic E-state index is 0.259. The minimum atomic E-state index is -1.17. The Morgan fingerprint density at radius 1 is 0.486 bits per heavy atom. The van der Waals surface area contributed by atoms with Crippen LogP contribution >= 0.6 is 0 Å². The fourth-order valence-electron chi connectivity index (χ4n) is 5.02. The highest BCUT2D eigenvalue weighted by molar-refractivity contribution is 5.73. The quantitative estimate of drug-likeness (QED) is 0.0555. The van der Waals surface area contributed by atoms with E-state index in [0.29, 0.717) is 6.42 Å². The van der Waals surface area contributed by atoms with E-state index in [4.69, 9.17) is 15.3 Å². The van der Waals surface area contributed by atoms with E-state index in [1.165, 1.54) is 89.9 Å². The fraction of sp³-hybridized carbons (Fsp3) is 0.833. The number of nitrogens with zero attached hydrogens (tertiary/aromatic N) is 1. The molecule has 0 radical (unpaired) electrons. The van der Waals surface area contributed by atoms with Crippen LogP contribution in [0.1, 0.15) is 135 Å². The Hall–Kier alpha value is -1.89. The molecule has 0 rings (SSSR count). The lowest BCUT2D eigenvalue weighted by atomic mass is 10.0. The van der Waals surface area contributed by atoms with Crippen molar-refractivity contribution in [2.75, 3.05) is 26.2 Å². The number of rotatable bonds is 28. The van der Waals surface area contributed by atoms with Crippen molar-refractivity contribution in [2.24, 2.45) is 0 Å². The average Bonchev–Trinajstić information content (AvgIpc) is 2.81. The van der Waals surface area contributed by atoms with Crippen LogP contribution in [0, 0.1) is 0 Å². The summed E-state index contributed by atoms with van der Waals surface area (Å²) in [5, 5.41) is 27.4. The van der Waals surface area contributed by atoms with Gasteiger partial charge in [0.15, 0.2) is 19.6 Å². The highest BCUT2D eigenvalue weighted by Gasteiger charge is 2.35. The zero-order valence-electron chi connectivity index (χ0n) is 23.6. The number of carbonyl (C=O) groups is 3. The summed E-state index contributed by atoms with van der Waals surface area (Å²) in [6.07, 6.45) is 29.3. The van der Waals surface area contributed by atoms with Crippen LogP contribution in [0.15, 0.2) is 12.2 Å². The van der Waals surface area contributed by atoms with Gasteiger partial charge in [0, 0.05) is 0 Å². The first-order valence-electron chi connectivity index (χ1n) is 15.0. The van der Waals surface area contributed by atoms with Crippen molar-refractivity contribution in [1.29, 1.82) is 0 Å². The minimum Gasteiger partial charge on any atom is -0.477 e. The van der Waals surface area contributed by atoms with Crippen LogP contribution < -0.4 is 0 Å². The van der Waals surface area contributed by atoms with Gasteiger partial charge in [0.1, 0.15) is 0 Å². The summed E-state index contributed by atoms with van der Waals surface area (Å²) in [4.78, 5) is 33.6. The largest absolute Gasteiger partial charge is 0.477 e. The summed E-state index contributed by atoms with van der Waals surface area (Å²) in [6.45, 7) is 1.08. The normalized spacial score (nSPS) is 11.8. The molecule has 0 heterocycles. The molecule has 0 fully saturated rings. The molecule has 0 aromatic heterocycles. The molecule has 37 heavy (non-hydrogen) atoms. The van der Waals surface area contributed by atoms with Gasteiger partial charge in [-0.1, -0.05) is 109 Å². The van der Waals surface area contributed by atoms with Crippen LogP contribution in [-0.2, 0) is 14.4 Å². The maximum absolute atomic E-state index is 11.2. The second-order valence-electron chi connectivity index (χ2n) is 10.8. The molecule has 0 aliphatic heterocycles. The molecule has 0 atom stereocenters. The van der Waals surface area contributed by atoms with E-state index in [1.54, 1.807) is 0 Å². The van der Waals surface area contributed by atoms with Crippen LogP contribution in [0.2, 0.25) is 0 Å². The van der Waals surface area contributed by atoms with Crippen LogP contribution in [-0.4, -0.2) is 63.9 Å². The number of carboxylic acid groups (broad SMARTS) is 3. The van der Waals surface area contributed by atoms with Crippen molar-refractivity contribution >= 4 is 17.9 Å². The Balaban J connectivity index is 3.68. The first kappa shape index (κ1) is 35.1. The Labute approximate surface area is 225 Å². The zero-order valence-corrected chi connectivity index (χ0v) is 23.6. The fourth-order valence-corrected chi connectivity index (χ4v) is 5.02. The Kier molecular flexibility index (Phi) is 23.2. The first-order chi connectivity index (χ1) is 17.8. The number of allylic oxidation sites excluding steroid dienone is 2. The summed E-state index contributed by atoms with van der Waals surface area (Å²) in [5.41, 5.74) is 0. The zero-order chi connectivity index (χ0) is 27.6. The molecule has 0 amide bonds. The Morgan fingerprint density at radius 3 is 1.11 bits per heavy atom. The van der Waals surface area contributed by atoms with Gasteiger partial charge in [0.25, 0.3) is 0 Å². The number of aliphatic carboxylic acids is 3. The molecule has 0 saturated carbocycles. The number of quaternary nitrogens is 1. The number of hydrogen-bond acceptors (Lipinski definition) is 3. The monoisotopic (exact) mass is 526 g/mol. The van der Waals surface area contributed by atoms with Crippen LogP contribution in [0.3, 0.4) is 0 Å². The van der Waals surface area contributed by atoms with Gasteiger partial charge in [-0.15, -0.1) is 0 Å². The second kappa shape index (κ2) is 24.4. The lowest BCUT2D eigenvalue weighted by molar-refractivity contribution is -0.907. The molecule has 0 aliphatic rings. The molecular weight excluding hydrogens is 470 g/mol. The van der Waals surface area contributed by atoms with E-state index in [9.17, 15) is 14.4 Å². The maximum Gasteiger partial charge on any atom is 0.359 e. The highest BCUT2D eigenvalue weighted by atomic mass is 16.4. The molecule has 216 valence electrons. The smallest absolute Gasteiger partial charge is 0.359 e. The average molecular weight is 527 g/mol. The van der Waals surface area contributed by atoms with E-state index in [2.05, 4.69) is 19.1 Å². The van der Waals surface area contributed by atoms with Crippen molar-refractivity contribution < 1.29 is 34.2 Å². The van der Waals surface area contributed by atoms with E-state index >= 15 is 0 Å². The Bertz CT molecular complexity index is 578. The third-order valence-corrected chi connectivity index (χ3v) is 7.06. The summed E-state index contributed by atoms with van der Waals surface area (Å²) >= 11 is 0. The lowest BCUT2D eigenvalue weighted by Crippen LogP contribution is -2.57. The second-order valence-corrected chi connectivity index (χ2v) is 10.8. The van der Waals surface area contributed by atoms with Gasteiger partial charge >= 0.3 is 17.9 Å². The molecule has 0 saturated heterocycles. The topological polar surface area (TPSA) is 112 Å².